The van der Waals surface area contributed by atoms with Crippen LogP contribution >= 0.6 is 0 Å². The van der Waals surface area contributed by atoms with Crippen LogP contribution in [0.4, 0.5) is 17.2 Å². The lowest BCUT2D eigenvalue weighted by molar-refractivity contribution is 0.0698. The molecule has 0 fully saturated rings. The van der Waals surface area contributed by atoms with Crippen molar-refractivity contribution in [1.82, 2.24) is 4.98 Å². The summed E-state index contributed by atoms with van der Waals surface area (Å²) in [6, 6.07) is 9.35. The number of nitrogen functional groups attached to an aromatic ring is 1. The molecule has 2 rings (SSSR count). The highest BCUT2D eigenvalue weighted by Crippen LogP contribution is 2.24. The molecule has 0 saturated carbocycles. The van der Waals surface area contributed by atoms with Gasteiger partial charge in [-0.3, -0.25) is 0 Å². The van der Waals surface area contributed by atoms with Crippen LogP contribution in [0.25, 0.3) is 0 Å². The van der Waals surface area contributed by atoms with Crippen molar-refractivity contribution < 1.29 is 9.90 Å². The number of aryl methyl sites for hydroxylation is 1. The first-order valence-electron chi connectivity index (χ1n) is 5.78. The van der Waals surface area contributed by atoms with Crippen LogP contribution < -0.4 is 10.6 Å². The third-order valence-corrected chi connectivity index (χ3v) is 2.92. The number of benzene rings is 1. The molecule has 1 aromatic carbocycles. The number of carboxylic acids is 1. The maximum atomic E-state index is 11.1. The standard InChI is InChI=1S/C14H15N3O2/c1-9-3-5-10(6-4-9)17(2)13-7-11(14(18)19)12(15)8-16-13/h3-8H,15H2,1-2H3,(H,18,19). The Balaban J connectivity index is 2.38. The van der Waals surface area contributed by atoms with Gasteiger partial charge >= 0.3 is 5.97 Å². The van der Waals surface area contributed by atoms with Gasteiger partial charge in [0.1, 0.15) is 5.82 Å². The molecule has 0 aliphatic heterocycles. The molecule has 1 heterocycles. The normalized spacial score (nSPS) is 10.2. The Morgan fingerprint density at radius 3 is 2.53 bits per heavy atom. The average molecular weight is 257 g/mol. The average Bonchev–Trinajstić information content (AvgIpc) is 2.39. The lowest BCUT2D eigenvalue weighted by Crippen LogP contribution is -2.13. The quantitative estimate of drug-likeness (QED) is 0.882. The van der Waals surface area contributed by atoms with Gasteiger partial charge in [-0.25, -0.2) is 9.78 Å². The Morgan fingerprint density at radius 2 is 1.95 bits per heavy atom. The molecule has 0 saturated heterocycles. The number of pyridine rings is 1. The topological polar surface area (TPSA) is 79.5 Å². The summed E-state index contributed by atoms with van der Waals surface area (Å²) in [5.41, 5.74) is 7.90. The lowest BCUT2D eigenvalue weighted by Gasteiger charge is -2.19. The van der Waals surface area contributed by atoms with E-state index < -0.39 is 5.97 Å². The number of aromatic carboxylic acids is 1. The van der Waals surface area contributed by atoms with E-state index in [2.05, 4.69) is 4.98 Å². The minimum atomic E-state index is -1.06. The molecule has 0 aliphatic rings. The second-order valence-electron chi connectivity index (χ2n) is 4.33. The molecule has 2 aromatic rings. The Labute approximate surface area is 111 Å². The molecule has 0 spiro atoms. The Hall–Kier alpha value is -2.56. The molecule has 1 aromatic heterocycles. The van der Waals surface area contributed by atoms with E-state index >= 15 is 0 Å². The third-order valence-electron chi connectivity index (χ3n) is 2.92. The van der Waals surface area contributed by atoms with E-state index in [1.807, 2.05) is 43.1 Å². The summed E-state index contributed by atoms with van der Waals surface area (Å²) in [6.45, 7) is 2.01. The highest BCUT2D eigenvalue weighted by Gasteiger charge is 2.12. The fourth-order valence-corrected chi connectivity index (χ4v) is 1.72. The van der Waals surface area contributed by atoms with Crippen molar-refractivity contribution in [2.24, 2.45) is 0 Å². The first kappa shape index (κ1) is 12.9. The number of aromatic nitrogens is 1. The van der Waals surface area contributed by atoms with Crippen molar-refractivity contribution in [3.63, 3.8) is 0 Å². The van der Waals surface area contributed by atoms with E-state index in [1.54, 1.807) is 0 Å². The van der Waals surface area contributed by atoms with E-state index in [0.29, 0.717) is 5.82 Å². The van der Waals surface area contributed by atoms with Gasteiger partial charge in [0.25, 0.3) is 0 Å². The van der Waals surface area contributed by atoms with Crippen molar-refractivity contribution in [3.05, 3.63) is 47.7 Å². The maximum Gasteiger partial charge on any atom is 0.337 e. The molecule has 5 nitrogen and oxygen atoms in total. The Bertz CT molecular complexity index is 609. The number of rotatable bonds is 3. The minimum absolute atomic E-state index is 0.0592. The second kappa shape index (κ2) is 4.97. The predicted octanol–water partition coefficient (Wildman–Crippen LogP) is 2.44. The van der Waals surface area contributed by atoms with Gasteiger partial charge < -0.3 is 15.7 Å². The summed E-state index contributed by atoms with van der Waals surface area (Å²) in [5.74, 6) is -0.520. The number of hydrogen-bond donors (Lipinski definition) is 2. The fourth-order valence-electron chi connectivity index (χ4n) is 1.72. The zero-order valence-electron chi connectivity index (χ0n) is 10.8. The largest absolute Gasteiger partial charge is 0.478 e. The van der Waals surface area contributed by atoms with Gasteiger partial charge in [0.05, 0.1) is 17.4 Å². The van der Waals surface area contributed by atoms with E-state index in [0.717, 1.165) is 11.3 Å². The van der Waals surface area contributed by atoms with Crippen LogP contribution in [-0.2, 0) is 0 Å². The SMILES string of the molecule is Cc1ccc(N(C)c2cc(C(=O)O)c(N)cn2)cc1. The third kappa shape index (κ3) is 2.65. The summed E-state index contributed by atoms with van der Waals surface area (Å²) in [6.07, 6.45) is 1.36. The Morgan fingerprint density at radius 1 is 1.32 bits per heavy atom. The van der Waals surface area contributed by atoms with Gasteiger partial charge in [0.2, 0.25) is 0 Å². The molecule has 0 aliphatic carbocycles. The first-order chi connectivity index (χ1) is 8.99. The molecule has 98 valence electrons. The van der Waals surface area contributed by atoms with E-state index in [4.69, 9.17) is 10.8 Å². The molecular formula is C14H15N3O2. The summed E-state index contributed by atoms with van der Waals surface area (Å²) in [4.78, 5) is 17.0. The number of nitrogens with two attached hydrogens (primary N) is 1. The van der Waals surface area contributed by atoms with Crippen LogP contribution in [0.15, 0.2) is 36.5 Å². The number of carbonyl (C=O) groups is 1. The molecule has 0 atom stereocenters. The zero-order chi connectivity index (χ0) is 14.0. The summed E-state index contributed by atoms with van der Waals surface area (Å²) < 4.78 is 0. The molecule has 0 radical (unpaired) electrons. The van der Waals surface area contributed by atoms with Crippen LogP contribution in [0.2, 0.25) is 0 Å². The Kier molecular flexibility index (Phi) is 3.37. The summed E-state index contributed by atoms with van der Waals surface area (Å²) in [5, 5.41) is 9.05. The van der Waals surface area contributed by atoms with Crippen molar-refractivity contribution in [2.45, 2.75) is 6.92 Å². The van der Waals surface area contributed by atoms with Crippen LogP contribution in [-0.4, -0.2) is 23.1 Å². The molecule has 19 heavy (non-hydrogen) atoms. The van der Waals surface area contributed by atoms with Crippen LogP contribution in [0, 0.1) is 6.92 Å². The minimum Gasteiger partial charge on any atom is -0.478 e. The molecule has 3 N–H and O–H groups in total. The fraction of sp³-hybridized carbons (Fsp3) is 0.143. The van der Waals surface area contributed by atoms with Crippen LogP contribution in [0.1, 0.15) is 15.9 Å². The molecule has 0 unspecified atom stereocenters. The maximum absolute atomic E-state index is 11.1. The number of carboxylic acid groups (broad SMARTS) is 1. The monoisotopic (exact) mass is 257 g/mol. The number of anilines is 3. The van der Waals surface area contributed by atoms with Gasteiger partial charge in [0, 0.05) is 12.7 Å². The van der Waals surface area contributed by atoms with Crippen molar-refractivity contribution in [1.29, 1.82) is 0 Å². The van der Waals surface area contributed by atoms with Crippen molar-refractivity contribution in [2.75, 3.05) is 17.7 Å². The molecule has 0 bridgehead atoms. The van der Waals surface area contributed by atoms with Crippen molar-refractivity contribution in [3.8, 4) is 0 Å². The highest BCUT2D eigenvalue weighted by molar-refractivity contribution is 5.94. The smallest absolute Gasteiger partial charge is 0.337 e. The van der Waals surface area contributed by atoms with Gasteiger partial charge in [-0.15, -0.1) is 0 Å². The van der Waals surface area contributed by atoms with Gasteiger partial charge in [-0.1, -0.05) is 17.7 Å². The predicted molar refractivity (Wildman–Crippen MR) is 74.9 cm³/mol. The summed E-state index contributed by atoms with van der Waals surface area (Å²) in [7, 11) is 1.83. The van der Waals surface area contributed by atoms with E-state index in [9.17, 15) is 4.79 Å². The molecule has 0 amide bonds. The number of hydrogen-bond acceptors (Lipinski definition) is 4. The molecular weight excluding hydrogens is 242 g/mol. The van der Waals surface area contributed by atoms with Gasteiger partial charge in [-0.05, 0) is 25.1 Å². The van der Waals surface area contributed by atoms with Gasteiger partial charge in [-0.2, -0.15) is 0 Å². The highest BCUT2D eigenvalue weighted by atomic mass is 16.4. The lowest BCUT2D eigenvalue weighted by atomic mass is 10.2. The zero-order valence-corrected chi connectivity index (χ0v) is 10.8. The van der Waals surface area contributed by atoms with E-state index in [1.165, 1.54) is 12.3 Å². The van der Waals surface area contributed by atoms with Crippen molar-refractivity contribution >= 4 is 23.2 Å². The van der Waals surface area contributed by atoms with Gasteiger partial charge in [0.15, 0.2) is 0 Å². The number of nitrogens with zero attached hydrogens (tertiary/aromatic N) is 2. The molecule has 5 heteroatoms. The van der Waals surface area contributed by atoms with E-state index in [-0.39, 0.29) is 11.3 Å². The van der Waals surface area contributed by atoms with Crippen LogP contribution in [0.5, 0.6) is 0 Å². The first-order valence-corrected chi connectivity index (χ1v) is 5.78. The van der Waals surface area contributed by atoms with Crippen LogP contribution in [0.3, 0.4) is 0 Å². The summed E-state index contributed by atoms with van der Waals surface area (Å²) >= 11 is 0. The second-order valence-corrected chi connectivity index (χ2v) is 4.33.